The molecule has 0 saturated carbocycles. The number of fused-ring (bicyclic) bond motifs is 9. The van der Waals surface area contributed by atoms with Crippen molar-refractivity contribution in [1.82, 2.24) is 19.5 Å². The number of benzene rings is 9. The SMILES string of the molecule is c1ccc(-c2cccc(-n3c4ccccc4c4cc(-c5ccc6sc7cccc(-c8nc(-c9ccccc9)nc(-c9ccc%10oc%11ccccc%11c%10c9)n8)c7c6c5)ccc43)c2)cc1. The van der Waals surface area contributed by atoms with Crippen LogP contribution in [0.15, 0.2) is 211 Å². The first kappa shape index (κ1) is 35.6. The second-order valence-corrected chi connectivity index (χ2v) is 17.1. The minimum absolute atomic E-state index is 0.613. The Morgan fingerprint density at radius 1 is 0.349 bits per heavy atom. The molecule has 9 aromatic carbocycles. The summed E-state index contributed by atoms with van der Waals surface area (Å²) in [6.45, 7) is 0. The van der Waals surface area contributed by atoms with Crippen LogP contribution in [0.2, 0.25) is 0 Å². The minimum Gasteiger partial charge on any atom is -0.456 e. The lowest BCUT2D eigenvalue weighted by Gasteiger charge is -2.11. The first-order valence-electron chi connectivity index (χ1n) is 21.1. The van der Waals surface area contributed by atoms with Crippen molar-refractivity contribution < 1.29 is 4.42 Å². The Bertz CT molecular complexity index is 3920. The largest absolute Gasteiger partial charge is 0.456 e. The third-order valence-corrected chi connectivity index (χ3v) is 13.4. The Labute approximate surface area is 365 Å². The molecule has 0 fully saturated rings. The molecule has 63 heavy (non-hydrogen) atoms. The van der Waals surface area contributed by atoms with Gasteiger partial charge >= 0.3 is 0 Å². The zero-order chi connectivity index (χ0) is 41.4. The fraction of sp³-hybridized carbons (Fsp3) is 0. The molecule has 0 bridgehead atoms. The van der Waals surface area contributed by atoms with E-state index in [0.29, 0.717) is 17.5 Å². The molecular formula is C57H34N4OS. The highest BCUT2D eigenvalue weighted by molar-refractivity contribution is 7.26. The summed E-state index contributed by atoms with van der Waals surface area (Å²) in [7, 11) is 0. The van der Waals surface area contributed by atoms with E-state index in [0.717, 1.165) is 60.8 Å². The average Bonchev–Trinajstić information content (AvgIpc) is 4.03. The van der Waals surface area contributed by atoms with Crippen LogP contribution in [0.25, 0.3) is 126 Å². The highest BCUT2D eigenvalue weighted by Gasteiger charge is 2.20. The predicted octanol–water partition coefficient (Wildman–Crippen LogP) is 15.6. The molecule has 5 nitrogen and oxygen atoms in total. The normalized spacial score (nSPS) is 11.8. The molecule has 4 aromatic heterocycles. The van der Waals surface area contributed by atoms with Crippen molar-refractivity contribution in [3.05, 3.63) is 206 Å². The second kappa shape index (κ2) is 14.2. The Morgan fingerprint density at radius 2 is 0.952 bits per heavy atom. The van der Waals surface area contributed by atoms with Crippen molar-refractivity contribution in [2.45, 2.75) is 0 Å². The van der Waals surface area contributed by atoms with Crippen LogP contribution in [0.4, 0.5) is 0 Å². The molecule has 13 aromatic rings. The van der Waals surface area contributed by atoms with Gasteiger partial charge in [0.05, 0.1) is 11.0 Å². The van der Waals surface area contributed by atoms with E-state index in [1.807, 2.05) is 48.5 Å². The van der Waals surface area contributed by atoms with Crippen LogP contribution in [-0.2, 0) is 0 Å². The molecule has 0 atom stereocenters. The van der Waals surface area contributed by atoms with Crippen LogP contribution in [0.5, 0.6) is 0 Å². The molecular weight excluding hydrogens is 789 g/mol. The Hall–Kier alpha value is -8.19. The van der Waals surface area contributed by atoms with Crippen molar-refractivity contribution in [3.8, 4) is 62.1 Å². The van der Waals surface area contributed by atoms with E-state index in [2.05, 4.69) is 162 Å². The smallest absolute Gasteiger partial charge is 0.164 e. The van der Waals surface area contributed by atoms with Gasteiger partial charge in [0.2, 0.25) is 0 Å². The van der Waals surface area contributed by atoms with Crippen molar-refractivity contribution >= 4 is 75.3 Å². The number of hydrogen-bond donors (Lipinski definition) is 0. The number of thiophene rings is 1. The zero-order valence-electron chi connectivity index (χ0n) is 33.7. The minimum atomic E-state index is 0.613. The number of aromatic nitrogens is 4. The lowest BCUT2D eigenvalue weighted by Crippen LogP contribution is -2.00. The molecule has 0 amide bonds. The van der Waals surface area contributed by atoms with Crippen LogP contribution in [0.3, 0.4) is 0 Å². The van der Waals surface area contributed by atoms with Gasteiger partial charge in [-0.1, -0.05) is 133 Å². The molecule has 4 heterocycles. The van der Waals surface area contributed by atoms with E-state index in [1.165, 1.54) is 47.7 Å². The lowest BCUT2D eigenvalue weighted by molar-refractivity contribution is 0.669. The topological polar surface area (TPSA) is 56.7 Å². The quantitative estimate of drug-likeness (QED) is 0.168. The molecule has 0 unspecified atom stereocenters. The zero-order valence-corrected chi connectivity index (χ0v) is 34.6. The molecule has 0 radical (unpaired) electrons. The van der Waals surface area contributed by atoms with Crippen LogP contribution < -0.4 is 0 Å². The highest BCUT2D eigenvalue weighted by Crippen LogP contribution is 2.43. The first-order chi connectivity index (χ1) is 31.2. The van der Waals surface area contributed by atoms with Crippen LogP contribution in [-0.4, -0.2) is 19.5 Å². The fourth-order valence-corrected chi connectivity index (χ4v) is 10.4. The van der Waals surface area contributed by atoms with Gasteiger partial charge in [0.1, 0.15) is 11.2 Å². The summed E-state index contributed by atoms with van der Waals surface area (Å²) in [5, 5.41) is 6.86. The molecule has 6 heteroatoms. The molecule has 0 aliphatic heterocycles. The van der Waals surface area contributed by atoms with Crippen LogP contribution >= 0.6 is 11.3 Å². The Morgan fingerprint density at radius 3 is 1.81 bits per heavy atom. The summed E-state index contributed by atoms with van der Waals surface area (Å²) >= 11 is 1.80. The van der Waals surface area contributed by atoms with Crippen molar-refractivity contribution in [2.24, 2.45) is 0 Å². The summed E-state index contributed by atoms with van der Waals surface area (Å²) in [6, 6.07) is 72.9. The highest BCUT2D eigenvalue weighted by atomic mass is 32.1. The molecule has 0 aliphatic rings. The number of furan rings is 1. The van der Waals surface area contributed by atoms with E-state index in [4.69, 9.17) is 19.4 Å². The van der Waals surface area contributed by atoms with Gasteiger partial charge in [0.25, 0.3) is 0 Å². The average molecular weight is 823 g/mol. The maximum absolute atomic E-state index is 6.18. The summed E-state index contributed by atoms with van der Waals surface area (Å²) in [6.07, 6.45) is 0. The van der Waals surface area contributed by atoms with Crippen molar-refractivity contribution in [3.63, 3.8) is 0 Å². The molecule has 0 aliphatic carbocycles. The van der Waals surface area contributed by atoms with Gasteiger partial charge in [0, 0.05) is 64.1 Å². The molecule has 0 N–H and O–H groups in total. The van der Waals surface area contributed by atoms with Crippen molar-refractivity contribution in [1.29, 1.82) is 0 Å². The van der Waals surface area contributed by atoms with E-state index in [-0.39, 0.29) is 0 Å². The van der Waals surface area contributed by atoms with Crippen LogP contribution in [0, 0.1) is 0 Å². The van der Waals surface area contributed by atoms with Gasteiger partial charge in [-0.05, 0) is 95.1 Å². The predicted molar refractivity (Wildman–Crippen MR) is 262 cm³/mol. The summed E-state index contributed by atoms with van der Waals surface area (Å²) in [5.41, 5.74) is 12.7. The van der Waals surface area contributed by atoms with E-state index in [9.17, 15) is 0 Å². The number of rotatable bonds is 6. The molecule has 0 saturated heterocycles. The fourth-order valence-electron chi connectivity index (χ4n) is 9.29. The maximum atomic E-state index is 6.18. The van der Waals surface area contributed by atoms with Gasteiger partial charge in [-0.3, -0.25) is 0 Å². The summed E-state index contributed by atoms with van der Waals surface area (Å²) in [4.78, 5) is 15.5. The first-order valence-corrected chi connectivity index (χ1v) is 21.9. The monoisotopic (exact) mass is 822 g/mol. The second-order valence-electron chi connectivity index (χ2n) is 16.0. The Kier molecular flexibility index (Phi) is 8.01. The van der Waals surface area contributed by atoms with E-state index < -0.39 is 0 Å². The number of nitrogens with zero attached hydrogens (tertiary/aromatic N) is 4. The lowest BCUT2D eigenvalue weighted by atomic mass is 9.99. The number of para-hydroxylation sites is 2. The van der Waals surface area contributed by atoms with Gasteiger partial charge in [0.15, 0.2) is 17.5 Å². The molecule has 13 rings (SSSR count). The molecule has 0 spiro atoms. The summed E-state index contributed by atoms with van der Waals surface area (Å²) < 4.78 is 11.0. The van der Waals surface area contributed by atoms with Gasteiger partial charge in [-0.2, -0.15) is 0 Å². The van der Waals surface area contributed by atoms with Crippen molar-refractivity contribution in [2.75, 3.05) is 0 Å². The van der Waals surface area contributed by atoms with Gasteiger partial charge in [-0.25, -0.2) is 15.0 Å². The van der Waals surface area contributed by atoms with E-state index in [1.54, 1.807) is 11.3 Å². The third kappa shape index (κ3) is 5.87. The van der Waals surface area contributed by atoms with E-state index >= 15 is 0 Å². The molecule has 294 valence electrons. The van der Waals surface area contributed by atoms with Gasteiger partial charge in [-0.15, -0.1) is 11.3 Å². The third-order valence-electron chi connectivity index (χ3n) is 12.3. The Balaban J connectivity index is 0.962. The standard InChI is InChI=1S/C57H34N4OS/c1-3-13-35(14-4-1)37-17-11-18-41(31-37)61-48-22-9-7-19-42(48)45-32-38(25-28-49(45)61)39-27-30-52-47(33-39)54-44(21-12-24-53(54)63-52)57-59-55(36-15-5-2-6-16-36)58-56(60-57)40-26-29-51-46(34-40)43-20-8-10-23-50(43)62-51/h1-34H. The van der Waals surface area contributed by atoms with Gasteiger partial charge < -0.3 is 8.98 Å². The van der Waals surface area contributed by atoms with Crippen LogP contribution in [0.1, 0.15) is 0 Å². The number of hydrogen-bond acceptors (Lipinski definition) is 5. The maximum Gasteiger partial charge on any atom is 0.164 e. The summed E-state index contributed by atoms with van der Waals surface area (Å²) in [5.74, 6) is 1.88.